The maximum Gasteiger partial charge on any atom is 0.164 e. The topological polar surface area (TPSA) is 102 Å². The van der Waals surface area contributed by atoms with E-state index in [-0.39, 0.29) is 5.41 Å². The largest absolute Gasteiger partial charge is 0.309 e. The second kappa shape index (κ2) is 33.6. The van der Waals surface area contributed by atoms with Crippen LogP contribution in [0.3, 0.4) is 0 Å². The fourth-order valence-corrected chi connectivity index (χ4v) is 22.8. The molecule has 9 heterocycles. The lowest BCUT2D eigenvalue weighted by Gasteiger charge is -2.21. The minimum absolute atomic E-state index is 0.0607. The highest BCUT2D eigenvalue weighted by molar-refractivity contribution is 6.31. The van der Waals surface area contributed by atoms with Crippen LogP contribution in [0.2, 0.25) is 0 Å². The molecular formula is C133H87N11. The first-order valence-corrected chi connectivity index (χ1v) is 49.1. The van der Waals surface area contributed by atoms with Crippen molar-refractivity contribution in [1.29, 1.82) is 0 Å². The van der Waals surface area contributed by atoms with Crippen LogP contribution in [0.15, 0.2) is 492 Å². The summed E-state index contributed by atoms with van der Waals surface area (Å²) in [4.78, 5) is 29.8. The summed E-state index contributed by atoms with van der Waals surface area (Å²) in [6.45, 7) is 4.68. The number of hydrogen-bond donors (Lipinski definition) is 0. The van der Waals surface area contributed by atoms with E-state index in [1.165, 1.54) is 159 Å². The molecule has 9 aromatic heterocycles. The third-order valence-corrected chi connectivity index (χ3v) is 29.5. The van der Waals surface area contributed by atoms with Gasteiger partial charge in [-0.1, -0.05) is 354 Å². The molecule has 11 nitrogen and oxygen atoms in total. The van der Waals surface area contributed by atoms with Gasteiger partial charge in [-0.2, -0.15) is 0 Å². The van der Waals surface area contributed by atoms with Gasteiger partial charge in [-0.15, -0.1) is 0 Å². The first-order chi connectivity index (χ1) is 71.2. The Hall–Kier alpha value is -19.1. The maximum atomic E-state index is 5.12. The monoisotopic (exact) mass is 1840 g/mol. The van der Waals surface area contributed by atoms with E-state index in [1.807, 2.05) is 72.9 Å². The van der Waals surface area contributed by atoms with Crippen LogP contribution in [-0.4, -0.2) is 52.7 Å². The van der Waals surface area contributed by atoms with Crippen LogP contribution in [0.1, 0.15) is 25.0 Å². The molecule has 674 valence electrons. The van der Waals surface area contributed by atoms with Gasteiger partial charge in [0.25, 0.3) is 0 Å². The number of para-hydroxylation sites is 7. The van der Waals surface area contributed by atoms with Crippen molar-refractivity contribution in [3.63, 3.8) is 0 Å². The Labute approximate surface area is 828 Å². The quantitative estimate of drug-likeness (QED) is 0.120. The number of fused-ring (bicyclic) bond motifs is 25. The van der Waals surface area contributed by atoms with Gasteiger partial charge in [-0.25, -0.2) is 24.9 Å². The molecule has 0 amide bonds. The first-order valence-electron chi connectivity index (χ1n) is 49.1. The van der Waals surface area contributed by atoms with E-state index >= 15 is 0 Å². The summed E-state index contributed by atoms with van der Waals surface area (Å²) in [7, 11) is 0. The van der Waals surface area contributed by atoms with Gasteiger partial charge in [0.05, 0.1) is 83.1 Å². The van der Waals surface area contributed by atoms with E-state index in [4.69, 9.17) is 24.9 Å². The van der Waals surface area contributed by atoms with Crippen LogP contribution >= 0.6 is 0 Å². The minimum atomic E-state index is -0.0607. The van der Waals surface area contributed by atoms with Gasteiger partial charge in [-0.3, -0.25) is 9.55 Å². The average molecular weight is 1840 g/mol. The lowest BCUT2D eigenvalue weighted by atomic mass is 9.82. The minimum Gasteiger partial charge on any atom is -0.309 e. The number of aromatic nitrogens is 11. The fraction of sp³-hybridized carbons (Fsp3) is 0.0226. The van der Waals surface area contributed by atoms with Crippen LogP contribution in [0.25, 0.3) is 260 Å². The Morgan fingerprint density at radius 2 is 0.632 bits per heavy atom. The van der Waals surface area contributed by atoms with E-state index in [9.17, 15) is 0 Å². The Morgan fingerprint density at radius 3 is 1.27 bits per heavy atom. The molecule has 0 bridgehead atoms. The van der Waals surface area contributed by atoms with Crippen LogP contribution in [0, 0.1) is 0 Å². The number of nitrogens with zero attached hydrogens (tertiary/aromatic N) is 11. The number of benzene rings is 20. The standard InChI is InChI=1S/C52H32N4.C42H30N4.C39H25N3/c1-2-10-37-31-39(21-18-33(37)9-1)38-11-7-13-41(32-38)56-46-17-6-4-15-43(46)50-48(56)29-28-47-49(50)42-14-3-5-16-45(42)55(47)40-25-22-34(23-26-40)44-27-24-36-20-19-35-12-8-30-53-51(35)52(36)54-44;1-42(2)35-22-11-9-20-31(35)33-26-38-34(25-36(33)42)32-21-10-12-23-37(32)46(38)30-19-13-18-29(24-30)41-44-39(27-14-5-3-6-15-27)43-40(45-41)28-16-7-4-8-17-28;1-2-12-26(13-3-1)28-15-5-9-19-32(28)41-33-20-10-6-16-29(33)38-35(41)23-24-36-39(38)30-17-7-11-21-34(30)42(36)37-25-22-27-14-4-8-18-31(27)40-37/h1-32H;3-26H,1-2H3;1-25H. The van der Waals surface area contributed by atoms with Crippen LogP contribution in [0.4, 0.5) is 0 Å². The summed E-state index contributed by atoms with van der Waals surface area (Å²) in [5.41, 5.74) is 34.2. The Morgan fingerprint density at radius 1 is 0.201 bits per heavy atom. The lowest BCUT2D eigenvalue weighted by molar-refractivity contribution is 0.661. The molecular weight excluding hydrogens is 1750 g/mol. The fourth-order valence-electron chi connectivity index (χ4n) is 22.8. The molecule has 1 aliphatic rings. The molecule has 0 fully saturated rings. The van der Waals surface area contributed by atoms with Gasteiger partial charge in [0.15, 0.2) is 17.5 Å². The summed E-state index contributed by atoms with van der Waals surface area (Å²) in [5.74, 6) is 2.89. The Bertz CT molecular complexity index is 10200. The zero-order valence-corrected chi connectivity index (χ0v) is 78.7. The van der Waals surface area contributed by atoms with Gasteiger partial charge >= 0.3 is 0 Å². The van der Waals surface area contributed by atoms with Crippen molar-refractivity contribution in [1.82, 2.24) is 52.7 Å². The van der Waals surface area contributed by atoms with E-state index in [1.54, 1.807) is 0 Å². The van der Waals surface area contributed by atoms with Gasteiger partial charge < -0.3 is 18.3 Å². The third-order valence-electron chi connectivity index (χ3n) is 29.5. The summed E-state index contributed by atoms with van der Waals surface area (Å²) in [6, 6.07) is 173. The molecule has 0 N–H and O–H groups in total. The molecule has 0 unspecified atom stereocenters. The molecule has 0 aliphatic heterocycles. The Balaban J connectivity index is 0.000000106. The number of rotatable bonds is 11. The van der Waals surface area contributed by atoms with Crippen molar-refractivity contribution in [3.8, 4) is 107 Å². The molecule has 144 heavy (non-hydrogen) atoms. The molecule has 1 aliphatic carbocycles. The molecule has 30 rings (SSSR count). The summed E-state index contributed by atoms with van der Waals surface area (Å²) < 4.78 is 12.0. The molecule has 0 spiro atoms. The van der Waals surface area contributed by atoms with Crippen molar-refractivity contribution in [3.05, 3.63) is 503 Å². The SMILES string of the molecule is CC1(C)c2ccccc2-c2cc3c(cc21)c1ccccc1n3-c1cccc(-c2nc(-c3ccccc3)nc(-c3ccccc3)n2)c1.c1cc(-c2ccc3ccccc3c2)cc(-n2c3ccccc3c3c4c5ccccc5n(-c5ccc(-c6ccc7ccc8cccnc8c7n6)cc5)c4ccc32)c1.c1ccc(-c2ccccc2-n2c3ccccc3c3c4c5ccccc5n(-c5ccc6ccccc6n5)c4ccc32)cc1. The van der Waals surface area contributed by atoms with Crippen molar-refractivity contribution in [2.45, 2.75) is 19.3 Å². The van der Waals surface area contributed by atoms with E-state index in [0.29, 0.717) is 17.5 Å². The van der Waals surface area contributed by atoms with E-state index in [0.717, 1.165) is 94.6 Å². The van der Waals surface area contributed by atoms with Crippen molar-refractivity contribution >= 4 is 153 Å². The zero-order valence-electron chi connectivity index (χ0n) is 78.7. The molecule has 0 saturated carbocycles. The second-order valence-corrected chi connectivity index (χ2v) is 38.0. The van der Waals surface area contributed by atoms with Crippen LogP contribution < -0.4 is 0 Å². The molecule has 0 atom stereocenters. The van der Waals surface area contributed by atoms with Crippen LogP contribution in [0.5, 0.6) is 0 Å². The highest BCUT2D eigenvalue weighted by atomic mass is 15.1. The lowest BCUT2D eigenvalue weighted by Crippen LogP contribution is -2.14. The zero-order chi connectivity index (χ0) is 95.2. The third kappa shape index (κ3) is 13.6. The summed E-state index contributed by atoms with van der Waals surface area (Å²) in [6.07, 6.45) is 1.84. The predicted molar refractivity (Wildman–Crippen MR) is 598 cm³/mol. The van der Waals surface area contributed by atoms with Crippen molar-refractivity contribution in [2.75, 3.05) is 0 Å². The highest BCUT2D eigenvalue weighted by Gasteiger charge is 2.37. The predicted octanol–water partition coefficient (Wildman–Crippen LogP) is 33.8. The van der Waals surface area contributed by atoms with Crippen molar-refractivity contribution < 1.29 is 0 Å². The first kappa shape index (κ1) is 83.1. The molecule has 0 radical (unpaired) electrons. The van der Waals surface area contributed by atoms with Gasteiger partial charge in [-0.05, 0) is 195 Å². The second-order valence-electron chi connectivity index (χ2n) is 38.0. The van der Waals surface area contributed by atoms with Gasteiger partial charge in [0.2, 0.25) is 0 Å². The number of pyridine rings is 3. The summed E-state index contributed by atoms with van der Waals surface area (Å²) in [5, 5.41) is 18.3. The summed E-state index contributed by atoms with van der Waals surface area (Å²) >= 11 is 0. The average Bonchev–Trinajstić information content (AvgIpc) is 1.55. The molecule has 20 aromatic carbocycles. The molecule has 29 aromatic rings. The highest BCUT2D eigenvalue weighted by Crippen LogP contribution is 2.53. The number of hydrogen-bond acceptors (Lipinski definition) is 6. The Kier molecular flexibility index (Phi) is 19.4. The van der Waals surface area contributed by atoms with E-state index in [2.05, 4.69) is 460 Å². The normalized spacial score (nSPS) is 12.3. The van der Waals surface area contributed by atoms with Crippen molar-refractivity contribution in [2.24, 2.45) is 0 Å². The van der Waals surface area contributed by atoms with Gasteiger partial charge in [0, 0.05) is 127 Å². The smallest absolute Gasteiger partial charge is 0.164 e. The van der Waals surface area contributed by atoms with Crippen LogP contribution in [-0.2, 0) is 5.41 Å². The maximum absolute atomic E-state index is 5.12. The van der Waals surface area contributed by atoms with Gasteiger partial charge in [0.1, 0.15) is 5.82 Å². The van der Waals surface area contributed by atoms with E-state index < -0.39 is 0 Å². The molecule has 11 heteroatoms. The molecule has 0 saturated heterocycles.